The van der Waals surface area contributed by atoms with Gasteiger partial charge in [-0.05, 0) is 48.4 Å². The van der Waals surface area contributed by atoms with Crippen LogP contribution in [0.4, 0.5) is 11.4 Å². The molecule has 0 unspecified atom stereocenters. The lowest BCUT2D eigenvalue weighted by Gasteiger charge is -2.08. The smallest absolute Gasteiger partial charge is 0.211 e. The second-order valence-electron chi connectivity index (χ2n) is 5.56. The first-order chi connectivity index (χ1) is 12.2. The number of aromatic nitrogens is 2. The predicted molar refractivity (Wildman–Crippen MR) is 102 cm³/mol. The van der Waals surface area contributed by atoms with Crippen LogP contribution in [0.15, 0.2) is 66.3 Å². The molecule has 6 heteroatoms. The minimum absolute atomic E-state index is 0.602. The van der Waals surface area contributed by atoms with Crippen LogP contribution in [0.25, 0.3) is 17.1 Å². The van der Waals surface area contributed by atoms with Crippen molar-refractivity contribution in [3.8, 4) is 0 Å². The molecular weight excluding hydrogens is 314 g/mol. The number of carbonyl (C=O) groups excluding carboxylic acids is 1. The zero-order valence-electron chi connectivity index (χ0n) is 13.8. The van der Waals surface area contributed by atoms with E-state index in [9.17, 15) is 4.79 Å². The fourth-order valence-electron chi connectivity index (χ4n) is 2.43. The van der Waals surface area contributed by atoms with Gasteiger partial charge in [-0.3, -0.25) is 4.79 Å². The van der Waals surface area contributed by atoms with Gasteiger partial charge < -0.3 is 21.4 Å². The van der Waals surface area contributed by atoms with Gasteiger partial charge in [0.15, 0.2) is 0 Å². The molecule has 0 atom stereocenters. The number of hydrogen-bond donors (Lipinski definition) is 4. The number of benzene rings is 2. The Kier molecular flexibility index (Phi) is 4.80. The molecule has 2 aromatic carbocycles. The summed E-state index contributed by atoms with van der Waals surface area (Å²) in [4.78, 5) is 18.0. The van der Waals surface area contributed by atoms with E-state index in [1.165, 1.54) is 0 Å². The number of allylic oxidation sites excluding steroid dienone is 1. The van der Waals surface area contributed by atoms with Crippen molar-refractivity contribution in [2.24, 2.45) is 5.73 Å². The summed E-state index contributed by atoms with van der Waals surface area (Å²) in [5, 5.41) is 5.87. The van der Waals surface area contributed by atoms with Crippen molar-refractivity contribution in [3.63, 3.8) is 0 Å². The fourth-order valence-corrected chi connectivity index (χ4v) is 2.43. The number of nitrogens with two attached hydrogens (primary N) is 1. The van der Waals surface area contributed by atoms with Gasteiger partial charge in [-0.15, -0.1) is 0 Å². The molecule has 0 bridgehead atoms. The Hall–Kier alpha value is -3.54. The summed E-state index contributed by atoms with van der Waals surface area (Å²) in [7, 11) is 0. The third kappa shape index (κ3) is 3.87. The van der Waals surface area contributed by atoms with Crippen molar-refractivity contribution in [1.82, 2.24) is 9.97 Å². The van der Waals surface area contributed by atoms with E-state index >= 15 is 0 Å². The predicted octanol–water partition coefficient (Wildman–Crippen LogP) is 3.45. The van der Waals surface area contributed by atoms with Gasteiger partial charge in [0.2, 0.25) is 6.41 Å². The topological polar surface area (TPSA) is 95.8 Å². The van der Waals surface area contributed by atoms with Crippen molar-refractivity contribution in [2.45, 2.75) is 6.92 Å². The number of hydrogen-bond acceptors (Lipinski definition) is 4. The molecule has 6 nitrogen and oxygen atoms in total. The van der Waals surface area contributed by atoms with Gasteiger partial charge >= 0.3 is 0 Å². The highest BCUT2D eigenvalue weighted by Crippen LogP contribution is 2.20. The highest BCUT2D eigenvalue weighted by molar-refractivity contribution is 5.80. The number of H-pyrrole nitrogens is 1. The molecule has 0 aliphatic heterocycles. The van der Waals surface area contributed by atoms with Gasteiger partial charge in [-0.25, -0.2) is 4.98 Å². The van der Waals surface area contributed by atoms with E-state index in [0.717, 1.165) is 33.5 Å². The molecule has 1 aromatic heterocycles. The Balaban J connectivity index is 1.78. The number of amides is 1. The van der Waals surface area contributed by atoms with E-state index in [-0.39, 0.29) is 0 Å². The van der Waals surface area contributed by atoms with Crippen molar-refractivity contribution in [3.05, 3.63) is 71.8 Å². The minimum Gasteiger partial charge on any atom is -0.397 e. The SMILES string of the molecule is CC(=C\c1ccccc1NC=O)/C(N)=C/Nc1ccc2nc[nH]c2c1. The molecule has 0 spiro atoms. The van der Waals surface area contributed by atoms with E-state index in [1.807, 2.05) is 55.5 Å². The summed E-state index contributed by atoms with van der Waals surface area (Å²) in [6.07, 6.45) is 6.00. The number of nitrogens with zero attached hydrogens (tertiary/aromatic N) is 1. The van der Waals surface area contributed by atoms with Gasteiger partial charge in [0.05, 0.1) is 23.1 Å². The molecule has 25 heavy (non-hydrogen) atoms. The molecule has 0 aliphatic carbocycles. The molecule has 3 aromatic rings. The van der Waals surface area contributed by atoms with E-state index in [4.69, 9.17) is 5.73 Å². The van der Waals surface area contributed by atoms with Crippen LogP contribution in [-0.4, -0.2) is 16.4 Å². The second kappa shape index (κ2) is 7.35. The molecule has 3 rings (SSSR count). The summed E-state index contributed by atoms with van der Waals surface area (Å²) < 4.78 is 0. The van der Waals surface area contributed by atoms with Crippen LogP contribution in [-0.2, 0) is 4.79 Å². The zero-order chi connectivity index (χ0) is 17.6. The number of fused-ring (bicyclic) bond motifs is 1. The maximum absolute atomic E-state index is 10.7. The van der Waals surface area contributed by atoms with Crippen LogP contribution in [0.5, 0.6) is 0 Å². The average Bonchev–Trinajstić information content (AvgIpc) is 3.09. The number of carbonyl (C=O) groups is 1. The summed E-state index contributed by atoms with van der Waals surface area (Å²) in [6, 6.07) is 13.4. The highest BCUT2D eigenvalue weighted by atomic mass is 16.1. The second-order valence-corrected chi connectivity index (χ2v) is 5.56. The molecular formula is C19H19N5O. The molecule has 1 amide bonds. The van der Waals surface area contributed by atoms with Crippen LogP contribution < -0.4 is 16.4 Å². The molecule has 0 aliphatic rings. The fraction of sp³-hybridized carbons (Fsp3) is 0.0526. The number of aromatic amines is 1. The molecule has 0 fully saturated rings. The Bertz CT molecular complexity index is 955. The number of imidazole rings is 1. The van der Waals surface area contributed by atoms with Crippen LogP contribution >= 0.6 is 0 Å². The summed E-state index contributed by atoms with van der Waals surface area (Å²) in [5.74, 6) is 0. The normalized spacial score (nSPS) is 12.2. The van der Waals surface area contributed by atoms with E-state index < -0.39 is 0 Å². The highest BCUT2D eigenvalue weighted by Gasteiger charge is 2.01. The lowest BCUT2D eigenvalue weighted by molar-refractivity contribution is -0.105. The van der Waals surface area contributed by atoms with E-state index in [0.29, 0.717) is 12.1 Å². The largest absolute Gasteiger partial charge is 0.397 e. The van der Waals surface area contributed by atoms with Crippen LogP contribution in [0, 0.1) is 0 Å². The zero-order valence-corrected chi connectivity index (χ0v) is 13.8. The van der Waals surface area contributed by atoms with Gasteiger partial charge in [-0.2, -0.15) is 0 Å². The van der Waals surface area contributed by atoms with Crippen LogP contribution in [0.1, 0.15) is 12.5 Å². The number of nitrogens with one attached hydrogen (secondary N) is 3. The van der Waals surface area contributed by atoms with Crippen molar-refractivity contribution in [2.75, 3.05) is 10.6 Å². The summed E-state index contributed by atoms with van der Waals surface area (Å²) in [5.41, 5.74) is 12.0. The van der Waals surface area contributed by atoms with E-state index in [1.54, 1.807) is 12.5 Å². The first-order valence-electron chi connectivity index (χ1n) is 7.80. The van der Waals surface area contributed by atoms with Crippen LogP contribution in [0.3, 0.4) is 0 Å². The first kappa shape index (κ1) is 16.3. The van der Waals surface area contributed by atoms with Crippen molar-refractivity contribution >= 4 is 34.9 Å². The minimum atomic E-state index is 0.602. The average molecular weight is 333 g/mol. The van der Waals surface area contributed by atoms with Gasteiger partial charge in [0.1, 0.15) is 0 Å². The van der Waals surface area contributed by atoms with E-state index in [2.05, 4.69) is 20.6 Å². The van der Waals surface area contributed by atoms with Gasteiger partial charge in [-0.1, -0.05) is 18.2 Å². The molecule has 1 heterocycles. The molecule has 0 saturated heterocycles. The third-order valence-corrected chi connectivity index (χ3v) is 3.82. The number of rotatable bonds is 6. The Morgan fingerprint density at radius 3 is 2.88 bits per heavy atom. The monoisotopic (exact) mass is 333 g/mol. The summed E-state index contributed by atoms with van der Waals surface area (Å²) in [6.45, 7) is 1.92. The third-order valence-electron chi connectivity index (χ3n) is 3.82. The Morgan fingerprint density at radius 1 is 1.20 bits per heavy atom. The maximum atomic E-state index is 10.7. The molecule has 0 radical (unpaired) electrons. The van der Waals surface area contributed by atoms with Gasteiger partial charge in [0, 0.05) is 17.6 Å². The Morgan fingerprint density at radius 2 is 2.04 bits per heavy atom. The molecule has 0 saturated carbocycles. The molecule has 126 valence electrons. The number of anilines is 2. The van der Waals surface area contributed by atoms with Crippen molar-refractivity contribution in [1.29, 1.82) is 0 Å². The lowest BCUT2D eigenvalue weighted by Crippen LogP contribution is -2.03. The van der Waals surface area contributed by atoms with Gasteiger partial charge in [0.25, 0.3) is 0 Å². The van der Waals surface area contributed by atoms with Crippen molar-refractivity contribution < 1.29 is 4.79 Å². The first-order valence-corrected chi connectivity index (χ1v) is 7.80. The standard InChI is InChI=1S/C19H19N5O/c1-13(8-14-4-2-3-5-17(14)24-12-25)16(20)10-21-15-6-7-18-19(9-15)23-11-22-18/h2-12,21H,20H2,1H3,(H,22,23)(H,24,25)/b13-8+,16-10-. The number of para-hydroxylation sites is 1. The maximum Gasteiger partial charge on any atom is 0.211 e. The van der Waals surface area contributed by atoms with Crippen LogP contribution in [0.2, 0.25) is 0 Å². The summed E-state index contributed by atoms with van der Waals surface area (Å²) >= 11 is 0. The lowest BCUT2D eigenvalue weighted by atomic mass is 10.1. The molecule has 5 N–H and O–H groups in total. The quantitative estimate of drug-likeness (QED) is 0.410. The Labute approximate surface area is 145 Å².